The van der Waals surface area contributed by atoms with Gasteiger partial charge in [-0.05, 0) is 50.2 Å². The Morgan fingerprint density at radius 3 is 2.27 bits per heavy atom. The highest BCUT2D eigenvalue weighted by atomic mass is 35.5. The fourth-order valence-electron chi connectivity index (χ4n) is 2.24. The summed E-state index contributed by atoms with van der Waals surface area (Å²) in [5.41, 5.74) is 0.939. The molecule has 7 heteroatoms. The predicted octanol–water partition coefficient (Wildman–Crippen LogP) is 3.97. The van der Waals surface area contributed by atoms with E-state index >= 15 is 0 Å². The van der Waals surface area contributed by atoms with E-state index in [0.29, 0.717) is 33.5 Å². The van der Waals surface area contributed by atoms with Crippen LogP contribution >= 0.6 is 11.6 Å². The molecule has 0 fully saturated rings. The third-order valence-electron chi connectivity index (χ3n) is 3.66. The number of hydrogen-bond acceptors (Lipinski definition) is 5. The fraction of sp³-hybridized carbons (Fsp3) is 0.263. The lowest BCUT2D eigenvalue weighted by molar-refractivity contribution is -0.122. The lowest BCUT2D eigenvalue weighted by atomic mass is 10.1. The Kier molecular flexibility index (Phi) is 6.46. The van der Waals surface area contributed by atoms with Gasteiger partial charge in [-0.2, -0.15) is 0 Å². The molecule has 1 N–H and O–H groups in total. The van der Waals surface area contributed by atoms with E-state index in [1.807, 2.05) is 0 Å². The van der Waals surface area contributed by atoms with Crippen LogP contribution in [0.25, 0.3) is 0 Å². The fourth-order valence-corrected chi connectivity index (χ4v) is 2.41. The number of Topliss-reactive ketones (excluding diaryl/α,β-unsaturated/α-hetero) is 1. The van der Waals surface area contributed by atoms with Crippen molar-refractivity contribution < 1.29 is 23.8 Å². The molecule has 1 amide bonds. The van der Waals surface area contributed by atoms with Gasteiger partial charge in [0.25, 0.3) is 5.91 Å². The van der Waals surface area contributed by atoms with Gasteiger partial charge in [0.05, 0.1) is 19.9 Å². The highest BCUT2D eigenvalue weighted by molar-refractivity contribution is 6.31. The smallest absolute Gasteiger partial charge is 0.265 e. The van der Waals surface area contributed by atoms with Crippen molar-refractivity contribution in [1.82, 2.24) is 0 Å². The van der Waals surface area contributed by atoms with Crippen molar-refractivity contribution in [2.75, 3.05) is 19.5 Å². The first-order valence-electron chi connectivity index (χ1n) is 7.85. The standard InChI is InChI=1S/C19H20ClNO5/c1-11(22)13-5-7-17(18(9-13)25-4)26-12(2)19(23)21-15-10-14(20)6-8-16(15)24-3/h5-10,12H,1-4H3,(H,21,23). The van der Waals surface area contributed by atoms with Gasteiger partial charge in [0, 0.05) is 10.6 Å². The van der Waals surface area contributed by atoms with Crippen molar-refractivity contribution in [3.63, 3.8) is 0 Å². The van der Waals surface area contributed by atoms with Crippen LogP contribution in [0.2, 0.25) is 5.02 Å². The van der Waals surface area contributed by atoms with Gasteiger partial charge in [0.15, 0.2) is 23.4 Å². The summed E-state index contributed by atoms with van der Waals surface area (Å²) in [6.45, 7) is 3.06. The average molecular weight is 378 g/mol. The molecule has 0 aromatic heterocycles. The zero-order chi connectivity index (χ0) is 19.3. The van der Waals surface area contributed by atoms with E-state index in [4.69, 9.17) is 25.8 Å². The number of anilines is 1. The summed E-state index contributed by atoms with van der Waals surface area (Å²) in [5, 5.41) is 3.19. The Balaban J connectivity index is 2.15. The Morgan fingerprint density at radius 2 is 1.65 bits per heavy atom. The number of hydrogen-bond donors (Lipinski definition) is 1. The maximum Gasteiger partial charge on any atom is 0.265 e. The molecular weight excluding hydrogens is 358 g/mol. The summed E-state index contributed by atoms with van der Waals surface area (Å²) < 4.78 is 16.1. The maximum absolute atomic E-state index is 12.4. The molecule has 0 aliphatic carbocycles. The molecule has 138 valence electrons. The molecule has 6 nitrogen and oxygen atoms in total. The van der Waals surface area contributed by atoms with Gasteiger partial charge in [-0.1, -0.05) is 11.6 Å². The monoisotopic (exact) mass is 377 g/mol. The number of ketones is 1. The van der Waals surface area contributed by atoms with Gasteiger partial charge in [0.2, 0.25) is 0 Å². The van der Waals surface area contributed by atoms with E-state index in [9.17, 15) is 9.59 Å². The van der Waals surface area contributed by atoms with Gasteiger partial charge < -0.3 is 19.5 Å². The lowest BCUT2D eigenvalue weighted by Gasteiger charge is -2.18. The molecule has 2 rings (SSSR count). The molecule has 26 heavy (non-hydrogen) atoms. The first-order chi connectivity index (χ1) is 12.3. The second-order valence-corrected chi connectivity index (χ2v) is 5.95. The summed E-state index contributed by atoms with van der Waals surface area (Å²) in [6, 6.07) is 9.70. The SMILES string of the molecule is COc1ccc(Cl)cc1NC(=O)C(C)Oc1ccc(C(C)=O)cc1OC. The number of amides is 1. The van der Waals surface area contributed by atoms with Crippen LogP contribution in [0.3, 0.4) is 0 Å². The van der Waals surface area contributed by atoms with Crippen LogP contribution in [-0.2, 0) is 4.79 Å². The summed E-state index contributed by atoms with van der Waals surface area (Å²) in [7, 11) is 2.97. The third kappa shape index (κ3) is 4.67. The van der Waals surface area contributed by atoms with Crippen molar-refractivity contribution in [3.8, 4) is 17.2 Å². The number of rotatable bonds is 7. The van der Waals surface area contributed by atoms with Crippen LogP contribution in [0.4, 0.5) is 5.69 Å². The van der Waals surface area contributed by atoms with Crippen molar-refractivity contribution in [1.29, 1.82) is 0 Å². The Morgan fingerprint density at radius 1 is 1.00 bits per heavy atom. The van der Waals surface area contributed by atoms with Crippen molar-refractivity contribution in [2.24, 2.45) is 0 Å². The van der Waals surface area contributed by atoms with Crippen LogP contribution in [0.1, 0.15) is 24.2 Å². The molecule has 0 aliphatic heterocycles. The molecule has 1 unspecified atom stereocenters. The Bertz CT molecular complexity index is 822. The predicted molar refractivity (Wildman–Crippen MR) is 99.7 cm³/mol. The van der Waals surface area contributed by atoms with Crippen LogP contribution in [0, 0.1) is 0 Å². The zero-order valence-corrected chi connectivity index (χ0v) is 15.7. The highest BCUT2D eigenvalue weighted by Crippen LogP contribution is 2.30. The van der Waals surface area contributed by atoms with Gasteiger partial charge in [-0.15, -0.1) is 0 Å². The summed E-state index contributed by atoms with van der Waals surface area (Å²) in [4.78, 5) is 23.9. The van der Waals surface area contributed by atoms with E-state index in [1.54, 1.807) is 43.3 Å². The zero-order valence-electron chi connectivity index (χ0n) is 15.0. The normalized spacial score (nSPS) is 11.4. The molecule has 1 atom stereocenters. The lowest BCUT2D eigenvalue weighted by Crippen LogP contribution is -2.30. The Hall–Kier alpha value is -2.73. The second-order valence-electron chi connectivity index (χ2n) is 5.52. The second kappa shape index (κ2) is 8.58. The van der Waals surface area contributed by atoms with Crippen LogP contribution in [0.15, 0.2) is 36.4 Å². The van der Waals surface area contributed by atoms with Gasteiger partial charge in [-0.3, -0.25) is 9.59 Å². The van der Waals surface area contributed by atoms with Crippen molar-refractivity contribution >= 4 is 29.0 Å². The molecule has 0 bridgehead atoms. The van der Waals surface area contributed by atoms with Crippen LogP contribution in [0.5, 0.6) is 17.2 Å². The molecular formula is C19H20ClNO5. The number of methoxy groups -OCH3 is 2. The van der Waals surface area contributed by atoms with E-state index in [2.05, 4.69) is 5.32 Å². The number of benzene rings is 2. The minimum Gasteiger partial charge on any atom is -0.495 e. The molecule has 2 aromatic rings. The molecule has 0 saturated carbocycles. The third-order valence-corrected chi connectivity index (χ3v) is 3.90. The van der Waals surface area contributed by atoms with E-state index in [-0.39, 0.29) is 11.7 Å². The Labute approximate surface area is 157 Å². The van der Waals surface area contributed by atoms with E-state index < -0.39 is 6.10 Å². The first-order valence-corrected chi connectivity index (χ1v) is 8.23. The van der Waals surface area contributed by atoms with E-state index in [1.165, 1.54) is 21.1 Å². The van der Waals surface area contributed by atoms with Crippen LogP contribution < -0.4 is 19.5 Å². The number of carbonyl (C=O) groups excluding carboxylic acids is 2. The van der Waals surface area contributed by atoms with Crippen LogP contribution in [-0.4, -0.2) is 32.0 Å². The molecule has 0 radical (unpaired) electrons. The maximum atomic E-state index is 12.4. The molecule has 0 aliphatic rings. The average Bonchev–Trinajstić information content (AvgIpc) is 2.61. The topological polar surface area (TPSA) is 73.9 Å². The summed E-state index contributed by atoms with van der Waals surface area (Å²) in [6.07, 6.45) is -0.823. The van der Waals surface area contributed by atoms with E-state index in [0.717, 1.165) is 0 Å². The molecule has 0 spiro atoms. The molecule has 0 heterocycles. The number of carbonyl (C=O) groups is 2. The quantitative estimate of drug-likeness (QED) is 0.739. The summed E-state index contributed by atoms with van der Waals surface area (Å²) in [5.74, 6) is 0.742. The van der Waals surface area contributed by atoms with Crippen molar-refractivity contribution in [3.05, 3.63) is 47.0 Å². The van der Waals surface area contributed by atoms with Gasteiger partial charge >= 0.3 is 0 Å². The molecule has 0 saturated heterocycles. The highest BCUT2D eigenvalue weighted by Gasteiger charge is 2.19. The first kappa shape index (κ1) is 19.6. The van der Waals surface area contributed by atoms with Crippen molar-refractivity contribution in [2.45, 2.75) is 20.0 Å². The van der Waals surface area contributed by atoms with Gasteiger partial charge in [0.1, 0.15) is 5.75 Å². The largest absolute Gasteiger partial charge is 0.495 e. The molecule has 2 aromatic carbocycles. The number of ether oxygens (including phenoxy) is 3. The minimum atomic E-state index is -0.823. The number of nitrogens with one attached hydrogen (secondary N) is 1. The summed E-state index contributed by atoms with van der Waals surface area (Å²) >= 11 is 5.96. The minimum absolute atomic E-state index is 0.0892. The number of halogens is 1. The van der Waals surface area contributed by atoms with Gasteiger partial charge in [-0.25, -0.2) is 0 Å².